The highest BCUT2D eigenvalue weighted by Crippen LogP contribution is 2.30. The molecule has 20 heavy (non-hydrogen) atoms. The molecule has 1 N–H and O–H groups in total. The number of halogens is 4. The third-order valence-electron chi connectivity index (χ3n) is 3.36. The Balaban J connectivity index is 1.99. The first kappa shape index (κ1) is 15.3. The lowest BCUT2D eigenvalue weighted by Crippen LogP contribution is -2.38. The van der Waals surface area contributed by atoms with Gasteiger partial charge in [-0.25, -0.2) is 4.98 Å². The van der Waals surface area contributed by atoms with Crippen LogP contribution in [0.25, 0.3) is 0 Å². The van der Waals surface area contributed by atoms with Crippen LogP contribution in [-0.4, -0.2) is 24.0 Å². The van der Waals surface area contributed by atoms with E-state index in [-0.39, 0.29) is 11.8 Å². The summed E-state index contributed by atoms with van der Waals surface area (Å²) in [6.45, 7) is 1.24. The fraction of sp³-hybridized carbons (Fsp3) is 0.500. The maximum absolute atomic E-state index is 12.4. The van der Waals surface area contributed by atoms with Gasteiger partial charge in [0.1, 0.15) is 5.82 Å². The Bertz CT molecular complexity index is 470. The number of rotatable bonds is 2. The van der Waals surface area contributed by atoms with Gasteiger partial charge in [0.25, 0.3) is 0 Å². The van der Waals surface area contributed by atoms with Crippen molar-refractivity contribution in [3.8, 4) is 0 Å². The molecule has 0 radical (unpaired) electrons. The summed E-state index contributed by atoms with van der Waals surface area (Å²) in [5, 5.41) is 0. The summed E-state index contributed by atoms with van der Waals surface area (Å²) < 4.78 is 39.9. The van der Waals surface area contributed by atoms with Crippen molar-refractivity contribution in [3.63, 3.8) is 0 Å². The van der Waals surface area contributed by atoms with Crippen molar-refractivity contribution in [1.29, 1.82) is 0 Å². The Hall–Kier alpha value is -1.06. The summed E-state index contributed by atoms with van der Waals surface area (Å²) in [5.74, 6) is 0.495. The number of hydrogen-bond donors (Lipinski definition) is 1. The zero-order chi connectivity index (χ0) is 14.8. The average Bonchev–Trinajstić information content (AvgIpc) is 2.46. The Morgan fingerprint density at radius 2 is 2.00 bits per heavy atom. The van der Waals surface area contributed by atoms with Gasteiger partial charge in [-0.1, -0.05) is 0 Å². The third-order valence-corrected chi connectivity index (χ3v) is 3.89. The summed E-state index contributed by atoms with van der Waals surface area (Å²) >= 11 is 1.81. The molecule has 1 aliphatic heterocycles. The highest BCUT2D eigenvalue weighted by molar-refractivity contribution is 14.1. The molecule has 4 nitrogen and oxygen atoms in total. The first-order chi connectivity index (χ1) is 9.41. The molecule has 1 saturated heterocycles. The number of nitrogens with one attached hydrogen (secondary N) is 1. The standard InChI is InChI=1S/C12H13F3IN3O/c13-12(14,15)9-1-2-10(17-7-9)19-5-3-8(4-6-19)11(20)18-16/h1-2,7-8H,3-6H2,(H,18,20). The van der Waals surface area contributed by atoms with Crippen LogP contribution in [0.15, 0.2) is 18.3 Å². The minimum absolute atomic E-state index is 0.00521. The highest BCUT2D eigenvalue weighted by atomic mass is 127. The fourth-order valence-corrected chi connectivity index (χ4v) is 2.63. The molecule has 2 heterocycles. The number of carbonyl (C=O) groups excluding carboxylic acids is 1. The molecule has 0 bridgehead atoms. The van der Waals surface area contributed by atoms with Crippen molar-refractivity contribution in [2.75, 3.05) is 18.0 Å². The molecular formula is C12H13F3IN3O. The van der Waals surface area contributed by atoms with Crippen LogP contribution >= 0.6 is 22.9 Å². The number of pyridine rings is 1. The molecule has 0 saturated carbocycles. The number of alkyl halides is 3. The lowest BCUT2D eigenvalue weighted by atomic mass is 9.96. The van der Waals surface area contributed by atoms with Gasteiger partial charge in [-0.3, -0.25) is 8.32 Å². The van der Waals surface area contributed by atoms with E-state index in [2.05, 4.69) is 8.51 Å². The van der Waals surface area contributed by atoms with E-state index in [1.165, 1.54) is 6.07 Å². The van der Waals surface area contributed by atoms with Crippen LogP contribution in [0.1, 0.15) is 18.4 Å². The molecule has 1 aromatic rings. The van der Waals surface area contributed by atoms with E-state index in [0.29, 0.717) is 31.7 Å². The van der Waals surface area contributed by atoms with Crippen LogP contribution in [0.2, 0.25) is 0 Å². The summed E-state index contributed by atoms with van der Waals surface area (Å²) in [5.41, 5.74) is -0.750. The van der Waals surface area contributed by atoms with E-state index in [1.54, 1.807) is 0 Å². The van der Waals surface area contributed by atoms with Crippen LogP contribution in [0, 0.1) is 5.92 Å². The molecule has 1 aromatic heterocycles. The van der Waals surface area contributed by atoms with E-state index in [1.807, 2.05) is 27.8 Å². The van der Waals surface area contributed by atoms with Crippen molar-refractivity contribution in [2.24, 2.45) is 5.92 Å². The van der Waals surface area contributed by atoms with Crippen LogP contribution in [0.3, 0.4) is 0 Å². The van der Waals surface area contributed by atoms with Crippen molar-refractivity contribution < 1.29 is 18.0 Å². The topological polar surface area (TPSA) is 45.2 Å². The van der Waals surface area contributed by atoms with Gasteiger partial charge in [0.05, 0.1) is 28.4 Å². The molecule has 110 valence electrons. The van der Waals surface area contributed by atoms with Crippen LogP contribution in [0.5, 0.6) is 0 Å². The van der Waals surface area contributed by atoms with Crippen molar-refractivity contribution in [3.05, 3.63) is 23.9 Å². The first-order valence-corrected chi connectivity index (χ1v) is 7.18. The van der Waals surface area contributed by atoms with Crippen LogP contribution in [0.4, 0.5) is 19.0 Å². The average molecular weight is 399 g/mol. The number of carbonyl (C=O) groups is 1. The zero-order valence-corrected chi connectivity index (χ0v) is 12.6. The fourth-order valence-electron chi connectivity index (χ4n) is 2.19. The molecule has 0 unspecified atom stereocenters. The van der Waals surface area contributed by atoms with Gasteiger partial charge >= 0.3 is 6.18 Å². The van der Waals surface area contributed by atoms with E-state index in [4.69, 9.17) is 0 Å². The van der Waals surface area contributed by atoms with Gasteiger partial charge in [0.2, 0.25) is 5.91 Å². The van der Waals surface area contributed by atoms with Gasteiger partial charge in [0.15, 0.2) is 0 Å². The lowest BCUT2D eigenvalue weighted by Gasteiger charge is -2.31. The smallest absolute Gasteiger partial charge is 0.357 e. The van der Waals surface area contributed by atoms with E-state index in [9.17, 15) is 18.0 Å². The molecule has 0 atom stereocenters. The van der Waals surface area contributed by atoms with Crippen molar-refractivity contribution >= 4 is 34.6 Å². The SMILES string of the molecule is O=C(NI)C1CCN(c2ccc(C(F)(F)F)cn2)CC1. The monoisotopic (exact) mass is 399 g/mol. The number of piperidine rings is 1. The van der Waals surface area contributed by atoms with Gasteiger partial charge in [0, 0.05) is 25.2 Å². The maximum Gasteiger partial charge on any atom is 0.417 e. The zero-order valence-electron chi connectivity index (χ0n) is 10.5. The Labute approximate surface area is 128 Å². The quantitative estimate of drug-likeness (QED) is 0.615. The molecule has 1 aliphatic rings. The van der Waals surface area contributed by atoms with Crippen LogP contribution in [-0.2, 0) is 11.0 Å². The predicted molar refractivity (Wildman–Crippen MR) is 76.3 cm³/mol. The summed E-state index contributed by atoms with van der Waals surface area (Å²) in [6, 6.07) is 2.41. The second kappa shape index (κ2) is 6.15. The predicted octanol–water partition coefficient (Wildman–Crippen LogP) is 2.78. The number of hydrogen-bond acceptors (Lipinski definition) is 3. The van der Waals surface area contributed by atoms with Gasteiger partial charge in [-0.15, -0.1) is 0 Å². The molecule has 0 spiro atoms. The number of anilines is 1. The summed E-state index contributed by atoms with van der Waals surface area (Å²) in [6.07, 6.45) is -2.16. The number of amides is 1. The van der Waals surface area contributed by atoms with E-state index in [0.717, 1.165) is 12.3 Å². The molecule has 1 fully saturated rings. The molecule has 2 rings (SSSR count). The molecule has 8 heteroatoms. The van der Waals surface area contributed by atoms with Gasteiger partial charge in [-0.2, -0.15) is 13.2 Å². The van der Waals surface area contributed by atoms with Crippen LogP contribution < -0.4 is 8.43 Å². The summed E-state index contributed by atoms with van der Waals surface area (Å²) in [4.78, 5) is 17.2. The maximum atomic E-state index is 12.4. The van der Waals surface area contributed by atoms with E-state index < -0.39 is 11.7 Å². The van der Waals surface area contributed by atoms with E-state index >= 15 is 0 Å². The minimum Gasteiger partial charge on any atom is -0.357 e. The second-order valence-corrected chi connectivity index (χ2v) is 5.16. The second-order valence-electron chi connectivity index (χ2n) is 4.62. The summed E-state index contributed by atoms with van der Waals surface area (Å²) in [7, 11) is 0. The van der Waals surface area contributed by atoms with Crippen molar-refractivity contribution in [2.45, 2.75) is 19.0 Å². The van der Waals surface area contributed by atoms with Gasteiger partial charge in [-0.05, 0) is 25.0 Å². The first-order valence-electron chi connectivity index (χ1n) is 6.10. The molecule has 1 amide bonds. The molecule has 0 aliphatic carbocycles. The lowest BCUT2D eigenvalue weighted by molar-refractivity contribution is -0.137. The Morgan fingerprint density at radius 3 is 2.45 bits per heavy atom. The minimum atomic E-state index is -4.36. The Morgan fingerprint density at radius 1 is 1.35 bits per heavy atom. The molecular weight excluding hydrogens is 386 g/mol. The highest BCUT2D eigenvalue weighted by Gasteiger charge is 2.31. The Kier molecular flexibility index (Phi) is 4.71. The molecule has 0 aromatic carbocycles. The van der Waals surface area contributed by atoms with Crippen molar-refractivity contribution in [1.82, 2.24) is 8.51 Å². The number of aromatic nitrogens is 1. The third kappa shape index (κ3) is 3.53. The normalized spacial score (nSPS) is 17.1. The number of nitrogens with zero attached hydrogens (tertiary/aromatic N) is 2. The van der Waals surface area contributed by atoms with Gasteiger partial charge < -0.3 is 4.90 Å². The largest absolute Gasteiger partial charge is 0.417 e.